The van der Waals surface area contributed by atoms with Gasteiger partial charge in [0, 0.05) is 28.9 Å². The number of hydrogen-bond donors (Lipinski definition) is 0. The molecule has 1 aromatic heterocycles. The number of imide groups is 1. The molecular weight excluding hydrogens is 476 g/mol. The van der Waals surface area contributed by atoms with Gasteiger partial charge in [-0.3, -0.25) is 14.5 Å². The third-order valence-corrected chi connectivity index (χ3v) is 6.79. The summed E-state index contributed by atoms with van der Waals surface area (Å²) < 4.78 is 7.58. The van der Waals surface area contributed by atoms with Gasteiger partial charge in [0.25, 0.3) is 11.8 Å². The van der Waals surface area contributed by atoms with E-state index in [0.29, 0.717) is 35.4 Å². The molecule has 0 radical (unpaired) electrons. The quantitative estimate of drug-likeness (QED) is 0.274. The Morgan fingerprint density at radius 2 is 1.82 bits per heavy atom. The van der Waals surface area contributed by atoms with E-state index < -0.39 is 11.8 Å². The van der Waals surface area contributed by atoms with Crippen LogP contribution < -0.4 is 4.74 Å². The van der Waals surface area contributed by atoms with E-state index >= 15 is 0 Å². The van der Waals surface area contributed by atoms with Crippen molar-refractivity contribution in [2.24, 2.45) is 0 Å². The van der Waals surface area contributed by atoms with Gasteiger partial charge in [-0.25, -0.2) is 4.68 Å². The molecule has 194 valence electrons. The van der Waals surface area contributed by atoms with Crippen LogP contribution in [0.1, 0.15) is 51.7 Å². The summed E-state index contributed by atoms with van der Waals surface area (Å²) in [5.74, 6) is -0.155. The highest BCUT2D eigenvalue weighted by atomic mass is 16.5. The molecule has 1 unspecified atom stereocenters. The molecule has 0 spiro atoms. The second kappa shape index (κ2) is 11.3. The number of para-hydroxylation sites is 1. The molecule has 0 saturated carbocycles. The SMILES string of the molecule is CCCOc1ccc(-c2nn(-c3ccccc3)cc2/C=C2/C(=O)N(C(C)CC)C(=O)C(C#N)=C2C)c(C)c1. The number of nitrogens with zero attached hydrogens (tertiary/aromatic N) is 4. The van der Waals surface area contributed by atoms with Gasteiger partial charge < -0.3 is 4.74 Å². The minimum atomic E-state index is -0.541. The van der Waals surface area contributed by atoms with Crippen LogP contribution >= 0.6 is 0 Å². The van der Waals surface area contributed by atoms with E-state index in [-0.39, 0.29) is 11.6 Å². The van der Waals surface area contributed by atoms with Crippen molar-refractivity contribution in [2.75, 3.05) is 6.61 Å². The molecule has 38 heavy (non-hydrogen) atoms. The lowest BCUT2D eigenvalue weighted by atomic mass is 9.92. The lowest BCUT2D eigenvalue weighted by Gasteiger charge is -2.31. The van der Waals surface area contributed by atoms with Gasteiger partial charge >= 0.3 is 0 Å². The van der Waals surface area contributed by atoms with Gasteiger partial charge in [0.1, 0.15) is 23.1 Å². The molecule has 2 amide bonds. The smallest absolute Gasteiger partial charge is 0.271 e. The maximum atomic E-state index is 13.6. The van der Waals surface area contributed by atoms with Crippen LogP contribution in [0.15, 0.2) is 71.4 Å². The van der Waals surface area contributed by atoms with E-state index in [1.807, 2.05) is 81.6 Å². The number of aryl methyl sites for hydroxylation is 1. The fraction of sp³-hybridized carbons (Fsp3) is 0.290. The van der Waals surface area contributed by atoms with Crippen molar-refractivity contribution in [1.29, 1.82) is 5.26 Å². The van der Waals surface area contributed by atoms with Crippen molar-refractivity contribution in [3.8, 4) is 28.8 Å². The van der Waals surface area contributed by atoms with Crippen LogP contribution in [-0.4, -0.2) is 39.1 Å². The van der Waals surface area contributed by atoms with Gasteiger partial charge in [0.05, 0.1) is 12.3 Å². The number of amides is 2. The summed E-state index contributed by atoms with van der Waals surface area (Å²) in [6, 6.07) is 17.3. The Balaban J connectivity index is 1.91. The van der Waals surface area contributed by atoms with Gasteiger partial charge in [-0.05, 0) is 81.2 Å². The topological polar surface area (TPSA) is 88.2 Å². The molecule has 1 aliphatic rings. The van der Waals surface area contributed by atoms with E-state index in [1.165, 1.54) is 4.90 Å². The Hall–Kier alpha value is -4.44. The van der Waals surface area contributed by atoms with Crippen molar-refractivity contribution in [3.05, 3.63) is 82.6 Å². The number of nitriles is 1. The Labute approximate surface area is 223 Å². The summed E-state index contributed by atoms with van der Waals surface area (Å²) in [5.41, 5.74) is 4.82. The van der Waals surface area contributed by atoms with Crippen LogP contribution in [-0.2, 0) is 9.59 Å². The summed E-state index contributed by atoms with van der Waals surface area (Å²) in [7, 11) is 0. The van der Waals surface area contributed by atoms with Crippen molar-refractivity contribution >= 4 is 17.9 Å². The molecule has 7 heteroatoms. The molecule has 0 aliphatic carbocycles. The van der Waals surface area contributed by atoms with Gasteiger partial charge in [-0.15, -0.1) is 0 Å². The van der Waals surface area contributed by atoms with Gasteiger partial charge in [0.15, 0.2) is 0 Å². The van der Waals surface area contributed by atoms with Crippen LogP contribution in [0.2, 0.25) is 0 Å². The maximum absolute atomic E-state index is 13.6. The molecule has 0 saturated heterocycles. The molecule has 3 aromatic rings. The highest BCUT2D eigenvalue weighted by molar-refractivity contribution is 6.20. The minimum Gasteiger partial charge on any atom is -0.494 e. The fourth-order valence-electron chi connectivity index (χ4n) is 4.46. The number of aromatic nitrogens is 2. The number of rotatable bonds is 8. The molecule has 2 heterocycles. The lowest BCUT2D eigenvalue weighted by Crippen LogP contribution is -2.47. The van der Waals surface area contributed by atoms with E-state index in [4.69, 9.17) is 9.84 Å². The van der Waals surface area contributed by atoms with Crippen LogP contribution in [0.5, 0.6) is 5.75 Å². The average Bonchev–Trinajstić information content (AvgIpc) is 3.34. The Morgan fingerprint density at radius 1 is 1.08 bits per heavy atom. The van der Waals surface area contributed by atoms with Crippen LogP contribution in [0.4, 0.5) is 0 Å². The Morgan fingerprint density at radius 3 is 2.45 bits per heavy atom. The number of benzene rings is 2. The normalized spacial score (nSPS) is 15.7. The van der Waals surface area contributed by atoms with Crippen molar-refractivity contribution in [2.45, 2.75) is 53.5 Å². The summed E-state index contributed by atoms with van der Waals surface area (Å²) in [6.07, 6.45) is 5.13. The number of carbonyl (C=O) groups is 2. The standard InChI is InChI=1S/C31H32N4O3/c1-6-15-38-25-13-14-26(20(3)16-25)29-23(19-34(33-29)24-11-9-8-10-12-24)17-27-22(5)28(18-32)31(37)35(30(27)36)21(4)7-2/h8-14,16-17,19,21H,6-7,15H2,1-5H3/b27-17+. The van der Waals surface area contributed by atoms with Crippen LogP contribution in [0.3, 0.4) is 0 Å². The van der Waals surface area contributed by atoms with E-state index in [0.717, 1.165) is 29.0 Å². The zero-order valence-electron chi connectivity index (χ0n) is 22.5. The van der Waals surface area contributed by atoms with Gasteiger partial charge in [-0.2, -0.15) is 10.4 Å². The van der Waals surface area contributed by atoms with Crippen LogP contribution in [0, 0.1) is 18.3 Å². The van der Waals surface area contributed by atoms with Gasteiger partial charge in [-0.1, -0.05) is 32.0 Å². The first kappa shape index (κ1) is 26.6. The molecule has 7 nitrogen and oxygen atoms in total. The second-order valence-corrected chi connectivity index (χ2v) is 9.45. The predicted molar refractivity (Wildman–Crippen MR) is 147 cm³/mol. The molecule has 1 atom stereocenters. The summed E-state index contributed by atoms with van der Waals surface area (Å²) in [6.45, 7) is 10.1. The fourth-order valence-corrected chi connectivity index (χ4v) is 4.46. The van der Waals surface area contributed by atoms with Crippen molar-refractivity contribution in [3.63, 3.8) is 0 Å². The predicted octanol–water partition coefficient (Wildman–Crippen LogP) is 6.03. The third kappa shape index (κ3) is 5.03. The Bertz CT molecular complexity index is 1470. The number of ether oxygens (including phenoxy) is 1. The number of hydrogen-bond acceptors (Lipinski definition) is 5. The Kier molecular flexibility index (Phi) is 7.92. The average molecular weight is 509 g/mol. The minimum absolute atomic E-state index is 0.0123. The molecule has 1 aliphatic heterocycles. The zero-order valence-corrected chi connectivity index (χ0v) is 22.5. The zero-order chi connectivity index (χ0) is 27.4. The van der Waals surface area contributed by atoms with Crippen LogP contribution in [0.25, 0.3) is 23.0 Å². The highest BCUT2D eigenvalue weighted by Gasteiger charge is 2.37. The largest absolute Gasteiger partial charge is 0.494 e. The first-order chi connectivity index (χ1) is 18.3. The molecule has 4 rings (SSSR count). The highest BCUT2D eigenvalue weighted by Crippen LogP contribution is 2.34. The summed E-state index contributed by atoms with van der Waals surface area (Å²) >= 11 is 0. The summed E-state index contributed by atoms with van der Waals surface area (Å²) in [4.78, 5) is 27.8. The second-order valence-electron chi connectivity index (χ2n) is 9.45. The van der Waals surface area contributed by atoms with Crippen molar-refractivity contribution < 1.29 is 14.3 Å². The first-order valence-corrected chi connectivity index (χ1v) is 12.9. The van der Waals surface area contributed by atoms with E-state index in [1.54, 1.807) is 17.7 Å². The third-order valence-electron chi connectivity index (χ3n) is 6.79. The molecule has 0 bridgehead atoms. The summed E-state index contributed by atoms with van der Waals surface area (Å²) in [5, 5.41) is 14.7. The van der Waals surface area contributed by atoms with E-state index in [9.17, 15) is 14.9 Å². The van der Waals surface area contributed by atoms with E-state index in [2.05, 4.69) is 6.92 Å². The molecule has 0 N–H and O–H groups in total. The van der Waals surface area contributed by atoms with Gasteiger partial charge in [0.2, 0.25) is 0 Å². The lowest BCUT2D eigenvalue weighted by molar-refractivity contribution is -0.142. The molecular formula is C31H32N4O3. The van der Waals surface area contributed by atoms with Crippen molar-refractivity contribution in [1.82, 2.24) is 14.7 Å². The molecule has 2 aromatic carbocycles. The monoisotopic (exact) mass is 508 g/mol. The number of carbonyl (C=O) groups excluding carboxylic acids is 2. The first-order valence-electron chi connectivity index (χ1n) is 12.9. The molecule has 0 fully saturated rings. The maximum Gasteiger partial charge on any atom is 0.271 e.